The van der Waals surface area contributed by atoms with Gasteiger partial charge in [0.05, 0.1) is 0 Å². The van der Waals surface area contributed by atoms with Crippen molar-refractivity contribution in [1.29, 1.82) is 0 Å². The summed E-state index contributed by atoms with van der Waals surface area (Å²) in [5.41, 5.74) is 13.5. The average Bonchev–Trinajstić information content (AvgIpc) is 3.41. The van der Waals surface area contributed by atoms with Crippen molar-refractivity contribution in [2.24, 2.45) is 0 Å². The van der Waals surface area contributed by atoms with Crippen molar-refractivity contribution in [1.82, 2.24) is 0 Å². The minimum absolute atomic E-state index is 0. The largest absolute Gasteiger partial charge is 4.00 e. The summed E-state index contributed by atoms with van der Waals surface area (Å²) < 4.78 is 0. The van der Waals surface area contributed by atoms with E-state index in [0.717, 1.165) is 0 Å². The molecule has 168 valence electrons. The fraction of sp³-hybridized carbons (Fsp3) is 0.267. The van der Waals surface area contributed by atoms with Gasteiger partial charge in [0, 0.05) is 26.2 Å². The Balaban J connectivity index is 0.000000214. The van der Waals surface area contributed by atoms with Crippen LogP contribution in [0.4, 0.5) is 11.4 Å². The second-order valence-electron chi connectivity index (χ2n) is 8.75. The van der Waals surface area contributed by atoms with Gasteiger partial charge < -0.3 is 24.7 Å². The average molecular weight is 470 g/mol. The molecule has 2 aliphatic heterocycles. The van der Waals surface area contributed by atoms with Crippen LogP contribution in [0.3, 0.4) is 0 Å². The van der Waals surface area contributed by atoms with Crippen molar-refractivity contribution in [3.63, 3.8) is 0 Å². The van der Waals surface area contributed by atoms with Gasteiger partial charge in [0.1, 0.15) is 0 Å². The van der Waals surface area contributed by atoms with Crippen LogP contribution in [0, 0.1) is 27.0 Å². The molecule has 2 heterocycles. The Bertz CT molecular complexity index is 1090. The maximum atomic E-state index is 3.51. The summed E-state index contributed by atoms with van der Waals surface area (Å²) in [6.07, 6.45) is 7.01. The molecule has 0 amide bonds. The minimum Gasteiger partial charge on any atom is -0.386 e. The molecule has 4 aliphatic rings. The maximum absolute atomic E-state index is 3.51. The Hall–Kier alpha value is -2.29. The Kier molecular flexibility index (Phi) is 8.10. The van der Waals surface area contributed by atoms with E-state index in [4.69, 9.17) is 0 Å². The quantitative estimate of drug-likeness (QED) is 0.303. The topological polar surface area (TPSA) is 6.48 Å². The summed E-state index contributed by atoms with van der Waals surface area (Å²) in [6.45, 7) is 8.72. The molecule has 2 aromatic rings. The van der Waals surface area contributed by atoms with Crippen molar-refractivity contribution in [3.8, 4) is 0 Å². The smallest absolute Gasteiger partial charge is 0.386 e. The first-order valence-electron chi connectivity index (χ1n) is 10.7. The van der Waals surface area contributed by atoms with Crippen molar-refractivity contribution < 1.29 is 21.7 Å². The molecule has 2 unspecified atom stereocenters. The van der Waals surface area contributed by atoms with E-state index in [-0.39, 0.29) is 36.6 Å². The minimum atomic E-state index is 0. The van der Waals surface area contributed by atoms with Crippen LogP contribution in [0.2, 0.25) is 0 Å². The molecule has 0 radical (unpaired) electrons. The Morgan fingerprint density at radius 2 is 0.939 bits per heavy atom. The second-order valence-corrected chi connectivity index (χ2v) is 8.75. The predicted octanol–water partition coefficient (Wildman–Crippen LogP) is 6.98. The van der Waals surface area contributed by atoms with Gasteiger partial charge in [-0.2, -0.15) is 23.3 Å². The number of hydrogen-bond acceptors (Lipinski definition) is 2. The van der Waals surface area contributed by atoms with E-state index in [9.17, 15) is 0 Å². The molecule has 0 aromatic heterocycles. The van der Waals surface area contributed by atoms with Crippen molar-refractivity contribution in [2.45, 2.75) is 39.8 Å². The molecule has 2 aliphatic carbocycles. The zero-order chi connectivity index (χ0) is 21.2. The molecule has 0 spiro atoms. The first kappa shape index (κ1) is 27.0. The summed E-state index contributed by atoms with van der Waals surface area (Å²) in [5.74, 6) is 0. The van der Waals surface area contributed by atoms with E-state index in [0.29, 0.717) is 12.1 Å². The van der Waals surface area contributed by atoms with E-state index in [1.54, 1.807) is 0 Å². The van der Waals surface area contributed by atoms with Crippen molar-refractivity contribution in [2.75, 3.05) is 23.9 Å². The van der Waals surface area contributed by atoms with Crippen LogP contribution in [0.15, 0.2) is 70.8 Å². The van der Waals surface area contributed by atoms with Gasteiger partial charge in [-0.05, 0) is 11.4 Å². The maximum Gasteiger partial charge on any atom is 4.00 e. The van der Waals surface area contributed by atoms with Gasteiger partial charge in [-0.15, -0.1) is 34.4 Å². The summed E-state index contributed by atoms with van der Waals surface area (Å²) in [5, 5.41) is 0. The van der Waals surface area contributed by atoms with Crippen molar-refractivity contribution >= 4 is 22.5 Å². The molecule has 6 rings (SSSR count). The number of nitrogens with zero attached hydrogens (tertiary/aromatic N) is 2. The summed E-state index contributed by atoms with van der Waals surface area (Å²) >= 11 is 0. The van der Waals surface area contributed by atoms with Crippen LogP contribution < -0.4 is 9.80 Å². The third kappa shape index (κ3) is 3.98. The molecule has 3 heteroatoms. The first-order valence-corrected chi connectivity index (χ1v) is 10.7. The van der Waals surface area contributed by atoms with Gasteiger partial charge >= 0.3 is 21.7 Å². The Labute approximate surface area is 216 Å². The fourth-order valence-electron chi connectivity index (χ4n) is 5.27. The third-order valence-corrected chi connectivity index (χ3v) is 7.12. The van der Waals surface area contributed by atoms with E-state index < -0.39 is 0 Å². The molecule has 0 N–H and O–H groups in total. The predicted molar refractivity (Wildman–Crippen MR) is 140 cm³/mol. The number of para-hydroxylation sites is 2. The van der Waals surface area contributed by atoms with Crippen LogP contribution in [0.5, 0.6) is 0 Å². The van der Waals surface area contributed by atoms with Crippen LogP contribution in [0.1, 0.15) is 38.8 Å². The SMILES string of the molecule is CC1=C(C)C2C(=[C-]1)c1ccccc1N2C.CC1=C(C)C2C(=[C-]1)c1ccccc1N2C.[CH3-].[CH3-].[Ti+4]. The fourth-order valence-corrected chi connectivity index (χ4v) is 5.27. The molecule has 33 heavy (non-hydrogen) atoms. The molecule has 0 saturated heterocycles. The number of anilines is 2. The van der Waals surface area contributed by atoms with E-state index in [2.05, 4.69) is 112 Å². The number of hydrogen-bond donors (Lipinski definition) is 0. The molecule has 2 aromatic carbocycles. The standard InChI is InChI=1S/2C14H14N.2CH3.Ti/c2*1-9-8-12-11-6-4-5-7-13(11)15(3)14(12)10(9)2;;;/h2*4-7,14H,1-3H3;2*1H3;/q4*-1;+4. The summed E-state index contributed by atoms with van der Waals surface area (Å²) in [4.78, 5) is 4.70. The second kappa shape index (κ2) is 9.91. The normalized spacial score (nSPS) is 20.9. The first-order chi connectivity index (χ1) is 14.4. The van der Waals surface area contributed by atoms with E-state index >= 15 is 0 Å². The third-order valence-electron chi connectivity index (χ3n) is 7.12. The molecule has 2 atom stereocenters. The molecule has 2 nitrogen and oxygen atoms in total. The zero-order valence-corrected chi connectivity index (χ0v) is 22.7. The number of benzene rings is 2. The molecule has 0 saturated carbocycles. The van der Waals surface area contributed by atoms with Gasteiger partial charge in [-0.3, -0.25) is 0 Å². The monoisotopic (exact) mass is 470 g/mol. The molecule has 0 bridgehead atoms. The number of fused-ring (bicyclic) bond motifs is 6. The van der Waals surface area contributed by atoms with Crippen LogP contribution in [0.25, 0.3) is 11.1 Å². The van der Waals surface area contributed by atoms with Gasteiger partial charge in [0.15, 0.2) is 0 Å². The molecule has 0 fully saturated rings. The Morgan fingerprint density at radius 1 is 0.606 bits per heavy atom. The molecular weight excluding hydrogens is 436 g/mol. The van der Waals surface area contributed by atoms with Crippen molar-refractivity contribution in [3.05, 3.63) is 109 Å². The van der Waals surface area contributed by atoms with Gasteiger partial charge in [0.25, 0.3) is 0 Å². The number of rotatable bonds is 0. The van der Waals surface area contributed by atoms with Crippen LogP contribution >= 0.6 is 0 Å². The summed E-state index contributed by atoms with van der Waals surface area (Å²) in [7, 11) is 4.33. The zero-order valence-electron chi connectivity index (χ0n) is 21.2. The van der Waals surface area contributed by atoms with Crippen LogP contribution in [-0.4, -0.2) is 26.2 Å². The van der Waals surface area contributed by atoms with Gasteiger partial charge in [-0.1, -0.05) is 75.2 Å². The number of allylic oxidation sites excluding steroid dienone is 4. The number of likely N-dealkylation sites (N-methyl/N-ethyl adjacent to an activating group) is 2. The summed E-state index contributed by atoms with van der Waals surface area (Å²) in [6, 6.07) is 18.0. The van der Waals surface area contributed by atoms with Gasteiger partial charge in [0.2, 0.25) is 0 Å². The molecular formula is C30H34N2Ti. The Morgan fingerprint density at radius 3 is 1.30 bits per heavy atom. The van der Waals surface area contributed by atoms with Gasteiger partial charge in [-0.25, -0.2) is 0 Å². The van der Waals surface area contributed by atoms with E-state index in [1.165, 1.54) is 55.9 Å². The van der Waals surface area contributed by atoms with E-state index in [1.807, 2.05) is 0 Å². The van der Waals surface area contributed by atoms with Crippen LogP contribution in [-0.2, 0) is 21.7 Å².